The first-order chi connectivity index (χ1) is 8.09. The fourth-order valence-corrected chi connectivity index (χ4v) is 2.70. The SMILES string of the molecule is Cc1cccc(Br)c1C(=O)N1CCO[C@@H](C)C1. The third-order valence-corrected chi connectivity index (χ3v) is 3.62. The first-order valence-corrected chi connectivity index (χ1v) is 6.55. The molecule has 4 heteroatoms. The second-order valence-electron chi connectivity index (χ2n) is 4.36. The van der Waals surface area contributed by atoms with Crippen LogP contribution in [-0.4, -0.2) is 36.6 Å². The van der Waals surface area contributed by atoms with Crippen LogP contribution in [0.2, 0.25) is 0 Å². The van der Waals surface area contributed by atoms with Gasteiger partial charge < -0.3 is 9.64 Å². The molecule has 0 radical (unpaired) electrons. The normalized spacial score (nSPS) is 20.4. The number of morpholine rings is 1. The maximum atomic E-state index is 12.4. The average Bonchev–Trinajstić information content (AvgIpc) is 2.28. The molecule has 1 aliphatic rings. The molecule has 1 aromatic carbocycles. The molecule has 1 heterocycles. The molecule has 3 nitrogen and oxygen atoms in total. The first-order valence-electron chi connectivity index (χ1n) is 5.75. The molecule has 0 aromatic heterocycles. The zero-order valence-corrected chi connectivity index (χ0v) is 11.7. The third kappa shape index (κ3) is 2.69. The fourth-order valence-electron chi connectivity index (χ4n) is 2.06. The van der Waals surface area contributed by atoms with Crippen LogP contribution < -0.4 is 0 Å². The van der Waals surface area contributed by atoms with Crippen LogP contribution in [0.15, 0.2) is 22.7 Å². The van der Waals surface area contributed by atoms with Gasteiger partial charge in [0.05, 0.1) is 18.3 Å². The van der Waals surface area contributed by atoms with Crippen LogP contribution in [0.25, 0.3) is 0 Å². The van der Waals surface area contributed by atoms with Gasteiger partial charge in [-0.05, 0) is 41.4 Å². The number of halogens is 1. The minimum absolute atomic E-state index is 0.0881. The van der Waals surface area contributed by atoms with Crippen molar-refractivity contribution in [3.05, 3.63) is 33.8 Å². The Bertz CT molecular complexity index is 413. The van der Waals surface area contributed by atoms with Crippen LogP contribution in [0.1, 0.15) is 22.8 Å². The van der Waals surface area contributed by atoms with Crippen molar-refractivity contribution >= 4 is 21.8 Å². The Morgan fingerprint density at radius 1 is 1.53 bits per heavy atom. The van der Waals surface area contributed by atoms with E-state index in [0.717, 1.165) is 15.6 Å². The zero-order chi connectivity index (χ0) is 12.4. The van der Waals surface area contributed by atoms with Crippen LogP contribution >= 0.6 is 15.9 Å². The maximum Gasteiger partial charge on any atom is 0.255 e. The highest BCUT2D eigenvalue weighted by Gasteiger charge is 2.24. The lowest BCUT2D eigenvalue weighted by Gasteiger charge is -2.31. The minimum atomic E-state index is 0.0881. The molecule has 17 heavy (non-hydrogen) atoms. The predicted octanol–water partition coefficient (Wildman–Crippen LogP) is 2.62. The van der Waals surface area contributed by atoms with Gasteiger partial charge in [0.1, 0.15) is 0 Å². The number of carbonyl (C=O) groups excluding carboxylic acids is 1. The summed E-state index contributed by atoms with van der Waals surface area (Å²) in [5.74, 6) is 0.0881. The summed E-state index contributed by atoms with van der Waals surface area (Å²) in [4.78, 5) is 14.3. The highest BCUT2D eigenvalue weighted by atomic mass is 79.9. The number of aryl methyl sites for hydroxylation is 1. The highest BCUT2D eigenvalue weighted by molar-refractivity contribution is 9.10. The van der Waals surface area contributed by atoms with Gasteiger partial charge in [-0.15, -0.1) is 0 Å². The molecule has 0 N–H and O–H groups in total. The molecule has 0 saturated carbocycles. The fraction of sp³-hybridized carbons (Fsp3) is 0.462. The summed E-state index contributed by atoms with van der Waals surface area (Å²) in [7, 11) is 0. The number of ether oxygens (including phenoxy) is 1. The van der Waals surface area contributed by atoms with Gasteiger partial charge in [0.2, 0.25) is 0 Å². The number of benzene rings is 1. The van der Waals surface area contributed by atoms with E-state index in [1.165, 1.54) is 0 Å². The van der Waals surface area contributed by atoms with Crippen molar-refractivity contribution in [1.82, 2.24) is 4.90 Å². The Morgan fingerprint density at radius 3 is 2.94 bits per heavy atom. The first kappa shape index (κ1) is 12.6. The van der Waals surface area contributed by atoms with Gasteiger partial charge in [0.15, 0.2) is 0 Å². The number of hydrogen-bond donors (Lipinski definition) is 0. The zero-order valence-electron chi connectivity index (χ0n) is 10.1. The molecule has 1 aromatic rings. The number of carbonyl (C=O) groups is 1. The number of nitrogens with zero attached hydrogens (tertiary/aromatic N) is 1. The van der Waals surface area contributed by atoms with Crippen LogP contribution in [0, 0.1) is 6.92 Å². The maximum absolute atomic E-state index is 12.4. The van der Waals surface area contributed by atoms with Crippen molar-refractivity contribution < 1.29 is 9.53 Å². The number of amides is 1. The van der Waals surface area contributed by atoms with E-state index in [0.29, 0.717) is 19.7 Å². The van der Waals surface area contributed by atoms with E-state index in [9.17, 15) is 4.79 Å². The van der Waals surface area contributed by atoms with E-state index >= 15 is 0 Å². The van der Waals surface area contributed by atoms with Crippen molar-refractivity contribution in [2.75, 3.05) is 19.7 Å². The highest BCUT2D eigenvalue weighted by Crippen LogP contribution is 2.22. The van der Waals surface area contributed by atoms with Crippen molar-refractivity contribution in [3.8, 4) is 0 Å². The summed E-state index contributed by atoms with van der Waals surface area (Å²) in [5.41, 5.74) is 1.77. The summed E-state index contributed by atoms with van der Waals surface area (Å²) in [6, 6.07) is 5.81. The minimum Gasteiger partial charge on any atom is -0.375 e. The molecular weight excluding hydrogens is 282 g/mol. The second kappa shape index (κ2) is 5.19. The van der Waals surface area contributed by atoms with Crippen molar-refractivity contribution in [2.24, 2.45) is 0 Å². The van der Waals surface area contributed by atoms with E-state index in [1.54, 1.807) is 0 Å². The van der Waals surface area contributed by atoms with E-state index in [4.69, 9.17) is 4.74 Å². The van der Waals surface area contributed by atoms with Crippen LogP contribution in [-0.2, 0) is 4.74 Å². The lowest BCUT2D eigenvalue weighted by molar-refractivity contribution is -0.0124. The molecule has 1 fully saturated rings. The lowest BCUT2D eigenvalue weighted by Crippen LogP contribution is -2.44. The predicted molar refractivity (Wildman–Crippen MR) is 70.2 cm³/mol. The molecule has 0 unspecified atom stereocenters. The molecule has 1 amide bonds. The monoisotopic (exact) mass is 297 g/mol. The van der Waals surface area contributed by atoms with E-state index in [-0.39, 0.29) is 12.0 Å². The number of hydrogen-bond acceptors (Lipinski definition) is 2. The molecule has 1 atom stereocenters. The third-order valence-electron chi connectivity index (χ3n) is 2.96. The van der Waals surface area contributed by atoms with Crippen molar-refractivity contribution in [2.45, 2.75) is 20.0 Å². The van der Waals surface area contributed by atoms with Crippen molar-refractivity contribution in [3.63, 3.8) is 0 Å². The summed E-state index contributed by atoms with van der Waals surface area (Å²) in [6.45, 7) is 5.91. The molecule has 0 bridgehead atoms. The standard InChI is InChI=1S/C13H16BrNO2/c1-9-4-3-5-11(14)12(9)13(16)15-6-7-17-10(2)8-15/h3-5,10H,6-8H2,1-2H3/t10-/m0/s1. The molecule has 2 rings (SSSR count). The van der Waals surface area contributed by atoms with E-state index in [1.807, 2.05) is 36.9 Å². The largest absolute Gasteiger partial charge is 0.375 e. The lowest BCUT2D eigenvalue weighted by atomic mass is 10.1. The Hall–Kier alpha value is -0.870. The van der Waals surface area contributed by atoms with E-state index in [2.05, 4.69) is 15.9 Å². The van der Waals surface area contributed by atoms with Gasteiger partial charge in [0, 0.05) is 17.6 Å². The van der Waals surface area contributed by atoms with Crippen LogP contribution in [0.4, 0.5) is 0 Å². The summed E-state index contributed by atoms with van der Waals surface area (Å²) >= 11 is 3.45. The van der Waals surface area contributed by atoms with Gasteiger partial charge in [-0.25, -0.2) is 0 Å². The van der Waals surface area contributed by atoms with Gasteiger partial charge in [-0.3, -0.25) is 4.79 Å². The summed E-state index contributed by atoms with van der Waals surface area (Å²) in [5, 5.41) is 0. The van der Waals surface area contributed by atoms with E-state index < -0.39 is 0 Å². The molecule has 92 valence electrons. The Labute approximate surface area is 110 Å². The second-order valence-corrected chi connectivity index (χ2v) is 5.22. The molecule has 1 aliphatic heterocycles. The van der Waals surface area contributed by atoms with Gasteiger partial charge >= 0.3 is 0 Å². The Morgan fingerprint density at radius 2 is 2.29 bits per heavy atom. The van der Waals surface area contributed by atoms with Gasteiger partial charge in [0.25, 0.3) is 5.91 Å². The molecular formula is C13H16BrNO2. The topological polar surface area (TPSA) is 29.5 Å². The molecule has 1 saturated heterocycles. The molecule has 0 spiro atoms. The Kier molecular flexibility index (Phi) is 3.84. The Balaban J connectivity index is 2.24. The smallest absolute Gasteiger partial charge is 0.255 e. The summed E-state index contributed by atoms with van der Waals surface area (Å²) < 4.78 is 6.31. The van der Waals surface area contributed by atoms with Crippen molar-refractivity contribution in [1.29, 1.82) is 0 Å². The van der Waals surface area contributed by atoms with Crippen LogP contribution in [0.5, 0.6) is 0 Å². The quantitative estimate of drug-likeness (QED) is 0.797. The average molecular weight is 298 g/mol. The van der Waals surface area contributed by atoms with Crippen LogP contribution in [0.3, 0.4) is 0 Å². The summed E-state index contributed by atoms with van der Waals surface area (Å²) in [6.07, 6.45) is 0.121. The van der Waals surface area contributed by atoms with Gasteiger partial charge in [-0.2, -0.15) is 0 Å². The van der Waals surface area contributed by atoms with Gasteiger partial charge in [-0.1, -0.05) is 12.1 Å². The number of rotatable bonds is 1. The molecule has 0 aliphatic carbocycles.